The molecule has 2 heterocycles. The highest BCUT2D eigenvalue weighted by atomic mass is 16.4. The molecule has 4 nitrogen and oxygen atoms in total. The highest BCUT2D eigenvalue weighted by Gasteiger charge is 2.43. The average molecular weight is 212 g/mol. The van der Waals surface area contributed by atoms with Crippen molar-refractivity contribution in [3.8, 4) is 0 Å². The number of nitrogens with zero attached hydrogens (tertiary/aromatic N) is 1. The van der Waals surface area contributed by atoms with Crippen molar-refractivity contribution in [1.82, 2.24) is 10.2 Å². The number of hydrogen-bond acceptors (Lipinski definition) is 3. The van der Waals surface area contributed by atoms with Gasteiger partial charge in [0, 0.05) is 18.6 Å². The third kappa shape index (κ3) is 2.01. The number of carboxylic acid groups (broad SMARTS) is 1. The van der Waals surface area contributed by atoms with E-state index in [4.69, 9.17) is 5.11 Å². The van der Waals surface area contributed by atoms with E-state index < -0.39 is 5.97 Å². The molecule has 15 heavy (non-hydrogen) atoms. The maximum Gasteiger partial charge on any atom is 0.304 e. The molecule has 2 N–H and O–H groups in total. The van der Waals surface area contributed by atoms with E-state index in [1.165, 1.54) is 0 Å². The lowest BCUT2D eigenvalue weighted by atomic mass is 9.95. The molecule has 86 valence electrons. The van der Waals surface area contributed by atoms with Crippen LogP contribution < -0.4 is 5.32 Å². The Labute approximate surface area is 90.6 Å². The van der Waals surface area contributed by atoms with Gasteiger partial charge >= 0.3 is 5.97 Å². The molecule has 0 spiro atoms. The van der Waals surface area contributed by atoms with Gasteiger partial charge in [-0.05, 0) is 38.8 Å². The van der Waals surface area contributed by atoms with Crippen molar-refractivity contribution in [1.29, 1.82) is 0 Å². The fourth-order valence-electron chi connectivity index (χ4n) is 3.15. The smallest absolute Gasteiger partial charge is 0.304 e. The van der Waals surface area contributed by atoms with Gasteiger partial charge < -0.3 is 10.4 Å². The van der Waals surface area contributed by atoms with Crippen LogP contribution in [0.15, 0.2) is 0 Å². The number of fused-ring (bicyclic) bond motifs is 1. The predicted octanol–water partition coefficient (Wildman–Crippen LogP) is 0.389. The summed E-state index contributed by atoms with van der Waals surface area (Å²) < 4.78 is 0. The number of hydrogen-bond donors (Lipinski definition) is 2. The molecule has 0 aromatic heterocycles. The number of likely N-dealkylation sites (tertiary alicyclic amines) is 1. The second-order valence-corrected chi connectivity index (χ2v) is 4.97. The Kier molecular flexibility index (Phi) is 2.98. The molecule has 2 aliphatic heterocycles. The van der Waals surface area contributed by atoms with Crippen molar-refractivity contribution in [2.75, 3.05) is 19.6 Å². The van der Waals surface area contributed by atoms with Crippen LogP contribution >= 0.6 is 0 Å². The molecule has 4 atom stereocenters. The Balaban J connectivity index is 1.97. The minimum atomic E-state index is -0.690. The van der Waals surface area contributed by atoms with E-state index in [9.17, 15) is 4.79 Å². The van der Waals surface area contributed by atoms with Crippen LogP contribution in [0.25, 0.3) is 0 Å². The number of aliphatic carboxylic acids is 1. The molecule has 2 aliphatic rings. The summed E-state index contributed by atoms with van der Waals surface area (Å²) in [7, 11) is 0. The standard InChI is InChI=1S/C11H20N2O2/c1-7(3-11(14)15)13-6-9-4-12-5-10(9)8(13)2/h7-10,12H,3-6H2,1-2H3,(H,14,15). The largest absolute Gasteiger partial charge is 0.481 e. The molecule has 0 bridgehead atoms. The van der Waals surface area contributed by atoms with E-state index >= 15 is 0 Å². The summed E-state index contributed by atoms with van der Waals surface area (Å²) in [6, 6.07) is 0.697. The second kappa shape index (κ2) is 4.10. The Hall–Kier alpha value is -0.610. The highest BCUT2D eigenvalue weighted by molar-refractivity contribution is 5.67. The van der Waals surface area contributed by atoms with Crippen LogP contribution in [-0.2, 0) is 4.79 Å². The number of rotatable bonds is 3. The fourth-order valence-corrected chi connectivity index (χ4v) is 3.15. The first kappa shape index (κ1) is 10.9. The van der Waals surface area contributed by atoms with E-state index in [0.29, 0.717) is 6.04 Å². The van der Waals surface area contributed by atoms with Crippen LogP contribution in [0.4, 0.5) is 0 Å². The summed E-state index contributed by atoms with van der Waals surface area (Å²) in [5.74, 6) is 0.766. The first-order chi connectivity index (χ1) is 7.09. The number of carbonyl (C=O) groups is 1. The monoisotopic (exact) mass is 212 g/mol. The Bertz CT molecular complexity index is 257. The van der Waals surface area contributed by atoms with Gasteiger partial charge in [-0.1, -0.05) is 0 Å². The van der Waals surface area contributed by atoms with Crippen LogP contribution in [0.2, 0.25) is 0 Å². The van der Waals surface area contributed by atoms with Crippen molar-refractivity contribution >= 4 is 5.97 Å². The van der Waals surface area contributed by atoms with Gasteiger partial charge in [0.15, 0.2) is 0 Å². The van der Waals surface area contributed by atoms with Gasteiger partial charge in [0.25, 0.3) is 0 Å². The van der Waals surface area contributed by atoms with Crippen molar-refractivity contribution in [2.45, 2.75) is 32.4 Å². The van der Waals surface area contributed by atoms with E-state index in [-0.39, 0.29) is 12.5 Å². The summed E-state index contributed by atoms with van der Waals surface area (Å²) in [6.07, 6.45) is 0.261. The van der Waals surface area contributed by atoms with E-state index in [1.54, 1.807) is 0 Å². The molecule has 4 heteroatoms. The topological polar surface area (TPSA) is 52.6 Å². The first-order valence-corrected chi connectivity index (χ1v) is 5.78. The molecule has 2 rings (SSSR count). The van der Waals surface area contributed by atoms with E-state index in [0.717, 1.165) is 31.5 Å². The summed E-state index contributed by atoms with van der Waals surface area (Å²) in [5, 5.41) is 12.2. The lowest BCUT2D eigenvalue weighted by Gasteiger charge is -2.29. The molecule has 0 saturated carbocycles. The lowest BCUT2D eigenvalue weighted by Crippen LogP contribution is -2.40. The predicted molar refractivity (Wildman–Crippen MR) is 57.7 cm³/mol. The summed E-state index contributed by atoms with van der Waals surface area (Å²) in [5.41, 5.74) is 0. The third-order valence-electron chi connectivity index (χ3n) is 4.02. The second-order valence-electron chi connectivity index (χ2n) is 4.97. The van der Waals surface area contributed by atoms with Gasteiger partial charge in [0.2, 0.25) is 0 Å². The third-order valence-corrected chi connectivity index (χ3v) is 4.02. The van der Waals surface area contributed by atoms with Crippen molar-refractivity contribution < 1.29 is 9.90 Å². The van der Waals surface area contributed by atoms with Crippen LogP contribution in [-0.4, -0.2) is 47.7 Å². The minimum Gasteiger partial charge on any atom is -0.481 e. The zero-order valence-corrected chi connectivity index (χ0v) is 9.44. The Morgan fingerprint density at radius 1 is 1.60 bits per heavy atom. The quantitative estimate of drug-likeness (QED) is 0.710. The van der Waals surface area contributed by atoms with Gasteiger partial charge in [0.1, 0.15) is 0 Å². The maximum absolute atomic E-state index is 10.7. The van der Waals surface area contributed by atoms with E-state index in [2.05, 4.69) is 17.1 Å². The van der Waals surface area contributed by atoms with Crippen LogP contribution in [0.3, 0.4) is 0 Å². The van der Waals surface area contributed by atoms with Gasteiger partial charge in [-0.25, -0.2) is 0 Å². The molecule has 0 aromatic carbocycles. The maximum atomic E-state index is 10.7. The first-order valence-electron chi connectivity index (χ1n) is 5.78. The van der Waals surface area contributed by atoms with Crippen LogP contribution in [0.5, 0.6) is 0 Å². The summed E-state index contributed by atoms with van der Waals surface area (Å²) in [6.45, 7) is 7.52. The van der Waals surface area contributed by atoms with Gasteiger partial charge in [-0.2, -0.15) is 0 Å². The zero-order valence-electron chi connectivity index (χ0n) is 9.44. The van der Waals surface area contributed by atoms with Crippen molar-refractivity contribution in [2.24, 2.45) is 11.8 Å². The number of carboxylic acids is 1. The summed E-state index contributed by atoms with van der Waals surface area (Å²) in [4.78, 5) is 13.0. The van der Waals surface area contributed by atoms with Crippen LogP contribution in [0, 0.1) is 11.8 Å². The molecule has 0 amide bonds. The lowest BCUT2D eigenvalue weighted by molar-refractivity contribution is -0.138. The molecule has 0 aromatic rings. The Morgan fingerprint density at radius 3 is 2.93 bits per heavy atom. The molecular weight excluding hydrogens is 192 g/mol. The minimum absolute atomic E-state index is 0.170. The highest BCUT2D eigenvalue weighted by Crippen LogP contribution is 2.33. The molecule has 4 unspecified atom stereocenters. The molecule has 2 saturated heterocycles. The fraction of sp³-hybridized carbons (Fsp3) is 0.909. The van der Waals surface area contributed by atoms with Gasteiger partial charge in [0.05, 0.1) is 6.42 Å². The normalized spacial score (nSPS) is 37.9. The van der Waals surface area contributed by atoms with Crippen molar-refractivity contribution in [3.05, 3.63) is 0 Å². The zero-order chi connectivity index (χ0) is 11.0. The van der Waals surface area contributed by atoms with Gasteiger partial charge in [-0.3, -0.25) is 9.69 Å². The van der Waals surface area contributed by atoms with E-state index in [1.807, 2.05) is 6.92 Å². The number of nitrogens with one attached hydrogen (secondary N) is 1. The van der Waals surface area contributed by atoms with Gasteiger partial charge in [-0.15, -0.1) is 0 Å². The molecule has 2 fully saturated rings. The average Bonchev–Trinajstić information content (AvgIpc) is 2.67. The summed E-state index contributed by atoms with van der Waals surface area (Å²) >= 11 is 0. The Morgan fingerprint density at radius 2 is 2.33 bits per heavy atom. The molecule has 0 radical (unpaired) electrons. The molecular formula is C11H20N2O2. The van der Waals surface area contributed by atoms with Crippen molar-refractivity contribution in [3.63, 3.8) is 0 Å². The molecule has 0 aliphatic carbocycles. The van der Waals surface area contributed by atoms with Crippen LogP contribution in [0.1, 0.15) is 20.3 Å². The SMILES string of the molecule is CC(CC(=O)O)N1CC2CNCC2C1C.